The lowest BCUT2D eigenvalue weighted by Gasteiger charge is -2.22. The normalized spacial score (nSPS) is 18.5. The van der Waals surface area contributed by atoms with Gasteiger partial charge < -0.3 is 15.2 Å². The van der Waals surface area contributed by atoms with Gasteiger partial charge in [-0.3, -0.25) is 4.79 Å². The van der Waals surface area contributed by atoms with E-state index in [9.17, 15) is 14.7 Å². The van der Waals surface area contributed by atoms with Gasteiger partial charge in [-0.25, -0.2) is 4.79 Å². The Bertz CT molecular complexity index is 923. The Balaban J connectivity index is 1.49. The van der Waals surface area contributed by atoms with Crippen LogP contribution in [0.25, 0.3) is 0 Å². The first kappa shape index (κ1) is 20.8. The summed E-state index contributed by atoms with van der Waals surface area (Å²) in [4.78, 5) is 23.9. The van der Waals surface area contributed by atoms with Gasteiger partial charge in [-0.15, -0.1) is 11.8 Å². The van der Waals surface area contributed by atoms with Crippen LogP contribution in [0.3, 0.4) is 0 Å². The van der Waals surface area contributed by atoms with Crippen molar-refractivity contribution >= 4 is 23.6 Å². The van der Waals surface area contributed by atoms with Crippen LogP contribution in [-0.2, 0) is 11.4 Å². The number of aromatic carboxylic acids is 1. The van der Waals surface area contributed by atoms with Gasteiger partial charge in [0, 0.05) is 23.8 Å². The van der Waals surface area contributed by atoms with Crippen LogP contribution in [0.4, 0.5) is 0 Å². The lowest BCUT2D eigenvalue weighted by molar-refractivity contribution is -0.125. The maximum Gasteiger partial charge on any atom is 0.335 e. The molecule has 0 aromatic heterocycles. The second kappa shape index (κ2) is 9.56. The van der Waals surface area contributed by atoms with Crippen molar-refractivity contribution in [1.29, 1.82) is 0 Å². The number of nitrogens with one attached hydrogen (secondary N) is 1. The molecule has 2 aliphatic rings. The highest BCUT2D eigenvalue weighted by atomic mass is 32.2. The standard InChI is InChI=1S/C24H27NO4S/c26-23(16-6-2-1-3-7-16)25-12-13-30-22-19-9-5-4-8-18(19)15-29-21-11-10-17(24(27)28)14-20(21)22/h4-5,8-11,14,16,22H,1-3,6-7,12-13,15H2,(H,25,26)(H,27,28). The molecule has 1 amide bonds. The van der Waals surface area contributed by atoms with Crippen molar-refractivity contribution in [3.63, 3.8) is 0 Å². The highest BCUT2D eigenvalue weighted by molar-refractivity contribution is 7.99. The van der Waals surface area contributed by atoms with Crippen LogP contribution in [-0.4, -0.2) is 29.3 Å². The number of hydrogen-bond acceptors (Lipinski definition) is 4. The van der Waals surface area contributed by atoms with Crippen LogP contribution in [0.5, 0.6) is 5.75 Å². The number of rotatable bonds is 6. The molecule has 4 rings (SSSR count). The number of amides is 1. The third-order valence-electron chi connectivity index (χ3n) is 5.92. The number of carbonyl (C=O) groups is 2. The number of fused-ring (bicyclic) bond motifs is 2. The van der Waals surface area contributed by atoms with Crippen LogP contribution in [0.15, 0.2) is 42.5 Å². The van der Waals surface area contributed by atoms with E-state index in [-0.39, 0.29) is 22.6 Å². The van der Waals surface area contributed by atoms with E-state index < -0.39 is 5.97 Å². The minimum absolute atomic E-state index is 0.0374. The van der Waals surface area contributed by atoms with Crippen molar-refractivity contribution in [1.82, 2.24) is 5.32 Å². The second-order valence-corrected chi connectivity index (χ2v) is 9.14. The van der Waals surface area contributed by atoms with Crippen LogP contribution in [0.1, 0.15) is 64.4 Å². The van der Waals surface area contributed by atoms with Crippen molar-refractivity contribution in [3.8, 4) is 5.75 Å². The van der Waals surface area contributed by atoms with E-state index in [1.165, 1.54) is 6.42 Å². The Hall–Kier alpha value is -2.47. The number of carbonyl (C=O) groups excluding carboxylic acids is 1. The average molecular weight is 426 g/mol. The summed E-state index contributed by atoms with van der Waals surface area (Å²) in [5, 5.41) is 12.5. The van der Waals surface area contributed by atoms with Crippen LogP contribution in [0, 0.1) is 5.92 Å². The monoisotopic (exact) mass is 425 g/mol. The lowest BCUT2D eigenvalue weighted by atomic mass is 9.89. The molecule has 2 N–H and O–H groups in total. The highest BCUT2D eigenvalue weighted by Gasteiger charge is 2.26. The number of benzene rings is 2. The fraction of sp³-hybridized carbons (Fsp3) is 0.417. The van der Waals surface area contributed by atoms with Crippen LogP contribution in [0.2, 0.25) is 0 Å². The Morgan fingerprint density at radius 3 is 2.67 bits per heavy atom. The minimum atomic E-state index is -0.946. The molecule has 2 aromatic carbocycles. The van der Waals surface area contributed by atoms with Crippen molar-refractivity contribution in [2.24, 2.45) is 5.92 Å². The lowest BCUT2D eigenvalue weighted by Crippen LogP contribution is -2.33. The topological polar surface area (TPSA) is 75.6 Å². The maximum atomic E-state index is 12.4. The Morgan fingerprint density at radius 1 is 1.07 bits per heavy atom. The van der Waals surface area contributed by atoms with Crippen LogP contribution < -0.4 is 10.1 Å². The molecule has 1 fully saturated rings. The zero-order valence-electron chi connectivity index (χ0n) is 16.9. The largest absolute Gasteiger partial charge is 0.489 e. The molecule has 30 heavy (non-hydrogen) atoms. The van der Waals surface area contributed by atoms with Crippen LogP contribution >= 0.6 is 11.8 Å². The fourth-order valence-corrected chi connectivity index (χ4v) is 5.53. The summed E-state index contributed by atoms with van der Waals surface area (Å²) in [5.41, 5.74) is 3.38. The third-order valence-corrected chi connectivity index (χ3v) is 7.20. The summed E-state index contributed by atoms with van der Waals surface area (Å²) in [5.74, 6) is 0.857. The molecule has 2 aromatic rings. The number of ether oxygens (including phenoxy) is 1. The average Bonchev–Trinajstić information content (AvgIpc) is 2.93. The molecule has 1 aliphatic carbocycles. The van der Waals surface area contributed by atoms with E-state index >= 15 is 0 Å². The Labute approximate surface area is 181 Å². The third kappa shape index (κ3) is 4.64. The highest BCUT2D eigenvalue weighted by Crippen LogP contribution is 2.44. The van der Waals surface area contributed by atoms with Gasteiger partial charge in [0.25, 0.3) is 0 Å². The fourth-order valence-electron chi connectivity index (χ4n) is 4.30. The molecule has 5 nitrogen and oxygen atoms in total. The van der Waals surface area contributed by atoms with Gasteiger partial charge in [-0.05, 0) is 42.2 Å². The van der Waals surface area contributed by atoms with Crippen molar-refractivity contribution < 1.29 is 19.4 Å². The number of carboxylic acids is 1. The number of hydrogen-bond donors (Lipinski definition) is 2. The molecule has 1 unspecified atom stereocenters. The first-order chi connectivity index (χ1) is 14.6. The Morgan fingerprint density at radius 2 is 1.87 bits per heavy atom. The zero-order valence-corrected chi connectivity index (χ0v) is 17.7. The molecule has 0 bridgehead atoms. The molecule has 1 atom stereocenters. The van der Waals surface area contributed by atoms with E-state index in [2.05, 4.69) is 17.4 Å². The summed E-state index contributed by atoms with van der Waals surface area (Å²) in [6.45, 7) is 1.07. The van der Waals surface area contributed by atoms with Gasteiger partial charge in [0.15, 0.2) is 0 Å². The van der Waals surface area contributed by atoms with E-state index in [1.54, 1.807) is 30.0 Å². The van der Waals surface area contributed by atoms with E-state index in [4.69, 9.17) is 4.74 Å². The molecular weight excluding hydrogens is 398 g/mol. The van der Waals surface area contributed by atoms with Crippen molar-refractivity contribution in [3.05, 3.63) is 64.7 Å². The molecule has 158 valence electrons. The first-order valence-electron chi connectivity index (χ1n) is 10.6. The molecule has 0 radical (unpaired) electrons. The minimum Gasteiger partial charge on any atom is -0.489 e. The first-order valence-corrected chi connectivity index (χ1v) is 11.7. The summed E-state index contributed by atoms with van der Waals surface area (Å²) >= 11 is 1.72. The molecule has 6 heteroatoms. The molecule has 1 aliphatic heterocycles. The van der Waals surface area contributed by atoms with E-state index in [0.29, 0.717) is 13.2 Å². The van der Waals surface area contributed by atoms with E-state index in [0.717, 1.165) is 53.9 Å². The SMILES string of the molecule is O=C(O)c1ccc2c(c1)C(SCCNC(=O)C1CCCCC1)c1ccccc1CO2. The molecule has 0 saturated heterocycles. The molecule has 0 spiro atoms. The van der Waals surface area contributed by atoms with Gasteiger partial charge in [-0.2, -0.15) is 0 Å². The van der Waals surface area contributed by atoms with Crippen molar-refractivity contribution in [2.75, 3.05) is 12.3 Å². The smallest absolute Gasteiger partial charge is 0.335 e. The van der Waals surface area contributed by atoms with Crippen molar-refractivity contribution in [2.45, 2.75) is 44.0 Å². The summed E-state index contributed by atoms with van der Waals surface area (Å²) in [6.07, 6.45) is 5.53. The summed E-state index contributed by atoms with van der Waals surface area (Å²) in [6, 6.07) is 13.2. The zero-order chi connectivity index (χ0) is 20.9. The van der Waals surface area contributed by atoms with Gasteiger partial charge >= 0.3 is 5.97 Å². The predicted molar refractivity (Wildman–Crippen MR) is 118 cm³/mol. The van der Waals surface area contributed by atoms with Gasteiger partial charge in [-0.1, -0.05) is 43.5 Å². The van der Waals surface area contributed by atoms with Gasteiger partial charge in [0.05, 0.1) is 10.8 Å². The second-order valence-electron chi connectivity index (χ2n) is 7.92. The Kier molecular flexibility index (Phi) is 6.62. The quantitative estimate of drug-likeness (QED) is 0.651. The molecule has 1 saturated carbocycles. The predicted octanol–water partition coefficient (Wildman–Crippen LogP) is 4.80. The number of carboxylic acid groups (broad SMARTS) is 1. The molecule has 1 heterocycles. The summed E-state index contributed by atoms with van der Waals surface area (Å²) in [7, 11) is 0. The van der Waals surface area contributed by atoms with Gasteiger partial charge in [0.1, 0.15) is 12.4 Å². The van der Waals surface area contributed by atoms with Gasteiger partial charge in [0.2, 0.25) is 5.91 Å². The van der Waals surface area contributed by atoms with E-state index in [1.807, 2.05) is 12.1 Å². The molecular formula is C24H27NO4S. The summed E-state index contributed by atoms with van der Waals surface area (Å²) < 4.78 is 5.99. The number of thioether (sulfide) groups is 1. The maximum absolute atomic E-state index is 12.4.